The summed E-state index contributed by atoms with van der Waals surface area (Å²) in [7, 11) is 2.13. The highest BCUT2D eigenvalue weighted by molar-refractivity contribution is 5.64. The topological polar surface area (TPSA) is 58.2 Å². The van der Waals surface area contributed by atoms with E-state index < -0.39 is 5.82 Å². The third-order valence-electron chi connectivity index (χ3n) is 5.34. The Balaban J connectivity index is 1.61. The fourth-order valence-corrected chi connectivity index (χ4v) is 3.76. The molecule has 0 radical (unpaired) electrons. The highest BCUT2D eigenvalue weighted by Crippen LogP contribution is 2.23. The summed E-state index contributed by atoms with van der Waals surface area (Å²) in [6.07, 6.45) is 2.07. The summed E-state index contributed by atoms with van der Waals surface area (Å²) in [4.78, 5) is 21.8. The first-order chi connectivity index (χ1) is 14.1. The number of nitrogens with zero attached hydrogens (tertiary/aromatic N) is 2. The van der Waals surface area contributed by atoms with Crippen molar-refractivity contribution in [1.29, 1.82) is 0 Å². The fraction of sp³-hybridized carbons (Fsp3) is 0.304. The maximum Gasteiger partial charge on any atom is 0.251 e. The quantitative estimate of drug-likeness (QED) is 0.715. The Labute approximate surface area is 169 Å². The molecule has 6 heteroatoms. The molecule has 1 aliphatic heterocycles. The number of ether oxygens (including phenoxy) is 1. The molecule has 0 spiro atoms. The van der Waals surface area contributed by atoms with Gasteiger partial charge in [-0.05, 0) is 43.7 Å². The van der Waals surface area contributed by atoms with E-state index >= 15 is 0 Å². The number of benzene rings is 2. The van der Waals surface area contributed by atoms with Crippen molar-refractivity contribution in [3.63, 3.8) is 0 Å². The van der Waals surface area contributed by atoms with Crippen LogP contribution >= 0.6 is 0 Å². The van der Waals surface area contributed by atoms with Crippen LogP contribution in [0.4, 0.5) is 4.39 Å². The summed E-state index contributed by atoms with van der Waals surface area (Å²) in [5.41, 5.74) is 2.27. The lowest BCUT2D eigenvalue weighted by atomic mass is 10.1. The minimum absolute atomic E-state index is 0.307. The van der Waals surface area contributed by atoms with Crippen LogP contribution in [0.3, 0.4) is 0 Å². The zero-order valence-corrected chi connectivity index (χ0v) is 16.4. The van der Waals surface area contributed by atoms with Crippen molar-refractivity contribution in [2.45, 2.75) is 25.4 Å². The first-order valence-corrected chi connectivity index (χ1v) is 9.84. The molecule has 0 saturated carbocycles. The van der Waals surface area contributed by atoms with E-state index in [0.717, 1.165) is 43.7 Å². The fourth-order valence-electron chi connectivity index (χ4n) is 3.76. The van der Waals surface area contributed by atoms with Gasteiger partial charge in [0.2, 0.25) is 0 Å². The van der Waals surface area contributed by atoms with Crippen molar-refractivity contribution in [2.24, 2.45) is 0 Å². The van der Waals surface area contributed by atoms with Crippen LogP contribution in [-0.2, 0) is 11.3 Å². The summed E-state index contributed by atoms with van der Waals surface area (Å²) >= 11 is 0. The molecule has 3 aromatic rings. The van der Waals surface area contributed by atoms with Gasteiger partial charge < -0.3 is 9.72 Å². The molecule has 29 heavy (non-hydrogen) atoms. The number of aromatic amines is 1. The van der Waals surface area contributed by atoms with Crippen molar-refractivity contribution >= 4 is 0 Å². The van der Waals surface area contributed by atoms with Crippen LogP contribution in [0.2, 0.25) is 0 Å². The summed E-state index contributed by atoms with van der Waals surface area (Å²) in [6.45, 7) is 2.42. The van der Waals surface area contributed by atoms with Crippen LogP contribution in [0.15, 0.2) is 59.4 Å². The smallest absolute Gasteiger partial charge is 0.251 e. The number of halogens is 1. The van der Waals surface area contributed by atoms with Crippen LogP contribution in [0.5, 0.6) is 0 Å². The van der Waals surface area contributed by atoms with Gasteiger partial charge in [-0.2, -0.15) is 0 Å². The molecule has 0 bridgehead atoms. The number of rotatable bonds is 5. The van der Waals surface area contributed by atoms with E-state index in [1.165, 1.54) is 12.1 Å². The molecule has 0 amide bonds. The van der Waals surface area contributed by atoms with E-state index in [1.807, 2.05) is 18.2 Å². The van der Waals surface area contributed by atoms with Gasteiger partial charge in [-0.1, -0.05) is 30.3 Å². The lowest BCUT2D eigenvalue weighted by molar-refractivity contribution is 0.0407. The molecule has 1 saturated heterocycles. The zero-order valence-electron chi connectivity index (χ0n) is 16.4. The molecule has 1 fully saturated rings. The second-order valence-corrected chi connectivity index (χ2v) is 7.42. The first-order valence-electron chi connectivity index (χ1n) is 9.84. The van der Waals surface area contributed by atoms with E-state index in [4.69, 9.17) is 4.74 Å². The average molecular weight is 393 g/mol. The third-order valence-corrected chi connectivity index (χ3v) is 5.34. The van der Waals surface area contributed by atoms with Crippen molar-refractivity contribution in [1.82, 2.24) is 14.9 Å². The largest absolute Gasteiger partial charge is 0.381 e. The average Bonchev–Trinajstić information content (AvgIpc) is 2.74. The Hall–Kier alpha value is -2.83. The van der Waals surface area contributed by atoms with Crippen LogP contribution < -0.4 is 5.56 Å². The van der Waals surface area contributed by atoms with E-state index in [0.29, 0.717) is 23.1 Å². The molecule has 5 nitrogen and oxygen atoms in total. The highest BCUT2D eigenvalue weighted by atomic mass is 19.1. The maximum atomic E-state index is 14.2. The standard InChI is InChI=1S/C23H24FN3O2/c1-27(18-9-11-29-12-10-18)15-16-5-4-6-17(13-16)23-25-21(14-22(28)26-23)19-7-2-3-8-20(19)24/h2-8,13-14,18H,9-12,15H2,1H3,(H,25,26,28). The van der Waals surface area contributed by atoms with Gasteiger partial charge in [-0.25, -0.2) is 9.37 Å². The third kappa shape index (κ3) is 4.60. The number of aromatic nitrogens is 2. The molecule has 150 valence electrons. The summed E-state index contributed by atoms with van der Waals surface area (Å²) in [5, 5.41) is 0. The minimum atomic E-state index is -0.400. The number of nitrogens with one attached hydrogen (secondary N) is 1. The Morgan fingerprint density at radius 3 is 2.72 bits per heavy atom. The first kappa shape index (κ1) is 19.5. The molecule has 0 aliphatic carbocycles. The SMILES string of the molecule is CN(Cc1cccc(-c2nc(-c3ccccc3F)cc(=O)[nH]2)c1)C1CCOCC1. The predicted octanol–water partition coefficient (Wildman–Crippen LogP) is 3.85. The minimum Gasteiger partial charge on any atom is -0.381 e. The van der Waals surface area contributed by atoms with E-state index in [1.54, 1.807) is 18.2 Å². The van der Waals surface area contributed by atoms with Crippen molar-refractivity contribution < 1.29 is 9.13 Å². The Kier molecular flexibility index (Phi) is 5.83. The van der Waals surface area contributed by atoms with Gasteiger partial charge in [0.05, 0.1) is 5.69 Å². The van der Waals surface area contributed by atoms with Gasteiger partial charge in [-0.3, -0.25) is 9.69 Å². The predicted molar refractivity (Wildman–Crippen MR) is 111 cm³/mol. The van der Waals surface area contributed by atoms with Crippen LogP contribution in [0.1, 0.15) is 18.4 Å². The molecule has 1 N–H and O–H groups in total. The molecule has 0 atom stereocenters. The van der Waals surface area contributed by atoms with Crippen molar-refractivity contribution in [3.8, 4) is 22.6 Å². The Bertz CT molecular complexity index is 1040. The molecule has 2 aromatic carbocycles. The maximum absolute atomic E-state index is 14.2. The van der Waals surface area contributed by atoms with Gasteiger partial charge in [-0.15, -0.1) is 0 Å². The second kappa shape index (κ2) is 8.68. The molecular weight excluding hydrogens is 369 g/mol. The van der Waals surface area contributed by atoms with Gasteiger partial charge in [0.25, 0.3) is 5.56 Å². The van der Waals surface area contributed by atoms with Gasteiger partial charge in [0.1, 0.15) is 11.6 Å². The van der Waals surface area contributed by atoms with Gasteiger partial charge >= 0.3 is 0 Å². The highest BCUT2D eigenvalue weighted by Gasteiger charge is 2.18. The normalized spacial score (nSPS) is 15.0. The van der Waals surface area contributed by atoms with E-state index in [9.17, 15) is 9.18 Å². The molecule has 1 aromatic heterocycles. The van der Waals surface area contributed by atoms with Crippen LogP contribution in [-0.4, -0.2) is 41.2 Å². The Morgan fingerprint density at radius 1 is 1.14 bits per heavy atom. The van der Waals surface area contributed by atoms with Crippen molar-refractivity contribution in [3.05, 3.63) is 76.3 Å². The zero-order chi connectivity index (χ0) is 20.2. The Morgan fingerprint density at radius 2 is 1.93 bits per heavy atom. The van der Waals surface area contributed by atoms with E-state index in [-0.39, 0.29) is 5.56 Å². The number of hydrogen-bond donors (Lipinski definition) is 1. The van der Waals surface area contributed by atoms with Crippen LogP contribution in [0, 0.1) is 5.82 Å². The van der Waals surface area contributed by atoms with Gasteiger partial charge in [0.15, 0.2) is 0 Å². The van der Waals surface area contributed by atoms with Crippen molar-refractivity contribution in [2.75, 3.05) is 20.3 Å². The molecule has 1 aliphatic rings. The lowest BCUT2D eigenvalue weighted by Crippen LogP contribution is -2.36. The summed E-state index contributed by atoms with van der Waals surface area (Å²) in [5.74, 6) is 0.0368. The number of H-pyrrole nitrogens is 1. The van der Waals surface area contributed by atoms with Crippen LogP contribution in [0.25, 0.3) is 22.6 Å². The monoisotopic (exact) mass is 393 g/mol. The van der Waals surface area contributed by atoms with E-state index in [2.05, 4.69) is 28.0 Å². The second-order valence-electron chi connectivity index (χ2n) is 7.42. The summed E-state index contributed by atoms with van der Waals surface area (Å²) in [6, 6.07) is 16.1. The molecule has 4 rings (SSSR count). The van der Waals surface area contributed by atoms with Gasteiger partial charge in [0, 0.05) is 43.0 Å². The molecular formula is C23H24FN3O2. The molecule has 2 heterocycles. The molecule has 0 unspecified atom stereocenters. The summed E-state index contributed by atoms with van der Waals surface area (Å²) < 4.78 is 19.6. The lowest BCUT2D eigenvalue weighted by Gasteiger charge is -2.31. The number of hydrogen-bond acceptors (Lipinski definition) is 4.